The maximum Gasteiger partial charge on any atom is 0.132 e. The van der Waals surface area contributed by atoms with Crippen molar-refractivity contribution < 1.29 is 4.39 Å². The number of hydrogen-bond acceptors (Lipinski definition) is 1. The van der Waals surface area contributed by atoms with E-state index in [1.807, 2.05) is 18.3 Å². The highest BCUT2D eigenvalue weighted by Gasteiger charge is 2.07. The van der Waals surface area contributed by atoms with Crippen LogP contribution in [-0.2, 0) is 6.54 Å². The van der Waals surface area contributed by atoms with Crippen LogP contribution in [0.25, 0.3) is 10.9 Å². The fourth-order valence-corrected chi connectivity index (χ4v) is 1.76. The van der Waals surface area contributed by atoms with Crippen LogP contribution in [0.3, 0.4) is 0 Å². The van der Waals surface area contributed by atoms with E-state index < -0.39 is 0 Å². The highest BCUT2D eigenvalue weighted by Crippen LogP contribution is 2.19. The molecule has 1 atom stereocenters. The minimum Gasteiger partial charge on any atom is -0.347 e. The Bertz CT molecular complexity index is 462. The fraction of sp³-hybridized carbons (Fsp3) is 0.333. The van der Waals surface area contributed by atoms with Crippen LogP contribution in [0.15, 0.2) is 30.5 Å². The molecule has 0 fully saturated rings. The number of halogens is 1. The van der Waals surface area contributed by atoms with Crippen LogP contribution in [0.2, 0.25) is 0 Å². The van der Waals surface area contributed by atoms with E-state index in [2.05, 4.69) is 11.5 Å². The van der Waals surface area contributed by atoms with E-state index in [9.17, 15) is 4.39 Å². The lowest BCUT2D eigenvalue weighted by Gasteiger charge is -2.10. The lowest BCUT2D eigenvalue weighted by molar-refractivity contribution is 0.502. The molecule has 0 bridgehead atoms. The highest BCUT2D eigenvalue weighted by molar-refractivity contribution is 5.80. The van der Waals surface area contributed by atoms with Crippen LogP contribution in [0.5, 0.6) is 0 Å². The molecule has 0 saturated carbocycles. The van der Waals surface area contributed by atoms with Gasteiger partial charge in [0, 0.05) is 18.1 Å². The van der Waals surface area contributed by atoms with Gasteiger partial charge in [0.1, 0.15) is 5.82 Å². The molecule has 2 N–H and O–H groups in total. The van der Waals surface area contributed by atoms with Crippen LogP contribution in [0.1, 0.15) is 6.92 Å². The van der Waals surface area contributed by atoms with Crippen molar-refractivity contribution >= 4 is 10.9 Å². The van der Waals surface area contributed by atoms with E-state index in [1.54, 1.807) is 6.07 Å². The van der Waals surface area contributed by atoms with E-state index in [1.165, 1.54) is 6.07 Å². The van der Waals surface area contributed by atoms with Crippen LogP contribution >= 0.6 is 0 Å². The third kappa shape index (κ3) is 1.88. The summed E-state index contributed by atoms with van der Waals surface area (Å²) in [5.41, 5.74) is 6.52. The van der Waals surface area contributed by atoms with Crippen molar-refractivity contribution in [2.75, 3.05) is 6.54 Å². The fourth-order valence-electron chi connectivity index (χ4n) is 1.76. The van der Waals surface area contributed by atoms with Gasteiger partial charge in [0.05, 0.1) is 5.52 Å². The second-order valence-corrected chi connectivity index (χ2v) is 3.98. The molecule has 1 heterocycles. The summed E-state index contributed by atoms with van der Waals surface area (Å²) in [5.74, 6) is 0.246. The maximum atomic E-state index is 13.4. The normalized spacial score (nSPS) is 13.3. The van der Waals surface area contributed by atoms with E-state index in [0.717, 1.165) is 12.1 Å². The molecule has 1 aromatic carbocycles. The largest absolute Gasteiger partial charge is 0.347 e. The lowest BCUT2D eigenvalue weighted by atomic mass is 10.2. The van der Waals surface area contributed by atoms with Crippen LogP contribution in [0, 0.1) is 11.7 Å². The first-order valence-corrected chi connectivity index (χ1v) is 5.16. The summed E-state index contributed by atoms with van der Waals surface area (Å²) in [5, 5.41) is 0.682. The molecule has 3 heteroatoms. The van der Waals surface area contributed by atoms with Gasteiger partial charge in [-0.1, -0.05) is 13.0 Å². The first-order chi connectivity index (χ1) is 7.22. The summed E-state index contributed by atoms with van der Waals surface area (Å²) in [4.78, 5) is 0. The topological polar surface area (TPSA) is 30.9 Å². The Morgan fingerprint density at radius 3 is 2.93 bits per heavy atom. The number of nitrogens with two attached hydrogens (primary N) is 1. The Kier molecular flexibility index (Phi) is 2.73. The SMILES string of the molecule is CC(CN)Cn1ccc2c(F)cccc21. The van der Waals surface area contributed by atoms with Crippen molar-refractivity contribution in [2.45, 2.75) is 13.5 Å². The summed E-state index contributed by atoms with van der Waals surface area (Å²) in [6.45, 7) is 3.57. The van der Waals surface area contributed by atoms with Gasteiger partial charge in [0.15, 0.2) is 0 Å². The third-order valence-corrected chi connectivity index (χ3v) is 2.67. The van der Waals surface area contributed by atoms with E-state index >= 15 is 0 Å². The molecule has 2 aromatic rings. The zero-order valence-electron chi connectivity index (χ0n) is 8.78. The molecule has 0 aliphatic heterocycles. The maximum absolute atomic E-state index is 13.4. The Morgan fingerprint density at radius 1 is 1.40 bits per heavy atom. The van der Waals surface area contributed by atoms with Gasteiger partial charge in [-0.25, -0.2) is 4.39 Å². The first-order valence-electron chi connectivity index (χ1n) is 5.16. The Morgan fingerprint density at radius 2 is 2.20 bits per heavy atom. The van der Waals surface area contributed by atoms with Crippen molar-refractivity contribution in [3.05, 3.63) is 36.3 Å². The molecule has 15 heavy (non-hydrogen) atoms. The Labute approximate surface area is 88.5 Å². The number of aromatic nitrogens is 1. The molecule has 1 unspecified atom stereocenters. The molecule has 80 valence electrons. The molecule has 2 nitrogen and oxygen atoms in total. The van der Waals surface area contributed by atoms with Crippen molar-refractivity contribution in [3.8, 4) is 0 Å². The Hall–Kier alpha value is -1.35. The second kappa shape index (κ2) is 4.03. The molecule has 1 aromatic heterocycles. The summed E-state index contributed by atoms with van der Waals surface area (Å²) in [7, 11) is 0. The smallest absolute Gasteiger partial charge is 0.132 e. The number of rotatable bonds is 3. The average molecular weight is 206 g/mol. The summed E-state index contributed by atoms with van der Waals surface area (Å²) >= 11 is 0. The summed E-state index contributed by atoms with van der Waals surface area (Å²) in [6, 6.07) is 6.97. The minimum absolute atomic E-state index is 0.161. The molecular weight excluding hydrogens is 191 g/mol. The molecule has 2 rings (SSSR count). The predicted molar refractivity (Wildman–Crippen MR) is 60.1 cm³/mol. The van der Waals surface area contributed by atoms with Gasteiger partial charge in [-0.2, -0.15) is 0 Å². The third-order valence-electron chi connectivity index (χ3n) is 2.67. The average Bonchev–Trinajstić information content (AvgIpc) is 2.63. The molecule has 0 saturated heterocycles. The van der Waals surface area contributed by atoms with Gasteiger partial charge in [0.25, 0.3) is 0 Å². The predicted octanol–water partition coefficient (Wildman–Crippen LogP) is 2.38. The molecule has 0 amide bonds. The molecular formula is C12H15FN2. The quantitative estimate of drug-likeness (QED) is 0.821. The Balaban J connectivity index is 2.41. The zero-order valence-corrected chi connectivity index (χ0v) is 8.78. The van der Waals surface area contributed by atoms with Crippen molar-refractivity contribution in [3.63, 3.8) is 0 Å². The monoisotopic (exact) mass is 206 g/mol. The van der Waals surface area contributed by atoms with Gasteiger partial charge in [0.2, 0.25) is 0 Å². The molecule has 0 spiro atoms. The van der Waals surface area contributed by atoms with Gasteiger partial charge in [-0.15, -0.1) is 0 Å². The van der Waals surface area contributed by atoms with Crippen molar-refractivity contribution in [1.29, 1.82) is 0 Å². The molecule has 0 aliphatic carbocycles. The molecule has 0 aliphatic rings. The summed E-state index contributed by atoms with van der Waals surface area (Å²) < 4.78 is 15.4. The molecule has 0 radical (unpaired) electrons. The van der Waals surface area contributed by atoms with Gasteiger partial charge in [-0.05, 0) is 30.7 Å². The number of nitrogens with zero attached hydrogens (tertiary/aromatic N) is 1. The van der Waals surface area contributed by atoms with Gasteiger partial charge < -0.3 is 10.3 Å². The lowest BCUT2D eigenvalue weighted by Crippen LogP contribution is -2.16. The number of fused-ring (bicyclic) bond motifs is 1. The number of hydrogen-bond donors (Lipinski definition) is 1. The minimum atomic E-state index is -0.161. The second-order valence-electron chi connectivity index (χ2n) is 3.98. The van der Waals surface area contributed by atoms with E-state index in [4.69, 9.17) is 5.73 Å². The first kappa shape index (κ1) is 10.2. The van der Waals surface area contributed by atoms with Crippen LogP contribution in [-0.4, -0.2) is 11.1 Å². The van der Waals surface area contributed by atoms with Gasteiger partial charge >= 0.3 is 0 Å². The van der Waals surface area contributed by atoms with Crippen molar-refractivity contribution in [2.24, 2.45) is 11.7 Å². The zero-order chi connectivity index (χ0) is 10.8. The number of benzene rings is 1. The standard InChI is InChI=1S/C12H15FN2/c1-9(7-14)8-15-6-5-10-11(13)3-2-4-12(10)15/h2-6,9H,7-8,14H2,1H3. The highest BCUT2D eigenvalue weighted by atomic mass is 19.1. The van der Waals surface area contributed by atoms with Crippen LogP contribution < -0.4 is 5.73 Å². The van der Waals surface area contributed by atoms with E-state index in [0.29, 0.717) is 17.8 Å². The summed E-state index contributed by atoms with van der Waals surface area (Å²) in [6.07, 6.45) is 1.92. The van der Waals surface area contributed by atoms with Crippen molar-refractivity contribution in [1.82, 2.24) is 4.57 Å². The van der Waals surface area contributed by atoms with Crippen LogP contribution in [0.4, 0.5) is 4.39 Å². The van der Waals surface area contributed by atoms with E-state index in [-0.39, 0.29) is 5.82 Å². The van der Waals surface area contributed by atoms with Gasteiger partial charge in [-0.3, -0.25) is 0 Å².